The van der Waals surface area contributed by atoms with Crippen molar-refractivity contribution in [1.29, 1.82) is 0 Å². The Morgan fingerprint density at radius 3 is 2.22 bits per heavy atom. The third kappa shape index (κ3) is 3.59. The van der Waals surface area contributed by atoms with Gasteiger partial charge >= 0.3 is 0 Å². The lowest BCUT2D eigenvalue weighted by Gasteiger charge is -2.16. The Morgan fingerprint density at radius 2 is 1.63 bits per heavy atom. The molecule has 0 saturated heterocycles. The predicted molar refractivity (Wildman–Crippen MR) is 103 cm³/mol. The molecule has 3 rings (SSSR count). The first-order chi connectivity index (χ1) is 12.7. The fourth-order valence-electron chi connectivity index (χ4n) is 2.56. The van der Waals surface area contributed by atoms with Crippen LogP contribution in [0.4, 0.5) is 5.69 Å². The number of rotatable bonds is 5. The molecule has 0 bridgehead atoms. The molecule has 9 heteroatoms. The van der Waals surface area contributed by atoms with Gasteiger partial charge in [-0.1, -0.05) is 35.9 Å². The molecule has 0 amide bonds. The van der Waals surface area contributed by atoms with Gasteiger partial charge in [0.1, 0.15) is 11.5 Å². The van der Waals surface area contributed by atoms with Crippen LogP contribution in [0.2, 0.25) is 5.02 Å². The van der Waals surface area contributed by atoms with E-state index >= 15 is 0 Å². The van der Waals surface area contributed by atoms with E-state index in [2.05, 4.69) is 0 Å². The van der Waals surface area contributed by atoms with Crippen LogP contribution in [0.3, 0.4) is 0 Å². The molecule has 0 radical (unpaired) electrons. The summed E-state index contributed by atoms with van der Waals surface area (Å²) < 4.78 is 32.1. The zero-order valence-corrected chi connectivity index (χ0v) is 16.0. The second-order valence-electron chi connectivity index (χ2n) is 5.87. The summed E-state index contributed by atoms with van der Waals surface area (Å²) in [5.74, 6) is 0.620. The summed E-state index contributed by atoms with van der Waals surface area (Å²) >= 11 is 6.09. The highest BCUT2D eigenvalue weighted by molar-refractivity contribution is 7.89. The average Bonchev–Trinajstić information content (AvgIpc) is 2.63. The van der Waals surface area contributed by atoms with Crippen LogP contribution in [-0.4, -0.2) is 31.7 Å². The van der Waals surface area contributed by atoms with Gasteiger partial charge in [-0.2, -0.15) is 0 Å². The van der Waals surface area contributed by atoms with Gasteiger partial charge in [-0.3, -0.25) is 10.1 Å². The number of ether oxygens (including phenoxy) is 1. The topological polar surface area (TPSA) is 89.8 Å². The maximum atomic E-state index is 12.6. The van der Waals surface area contributed by atoms with Crippen molar-refractivity contribution in [1.82, 2.24) is 4.31 Å². The van der Waals surface area contributed by atoms with E-state index in [9.17, 15) is 18.5 Å². The number of nitro groups is 1. The lowest BCUT2D eigenvalue weighted by Crippen LogP contribution is -2.22. The fraction of sp³-hybridized carbons (Fsp3) is 0.111. The minimum Gasteiger partial charge on any atom is -0.455 e. The summed E-state index contributed by atoms with van der Waals surface area (Å²) in [6.45, 7) is 0. The summed E-state index contributed by atoms with van der Waals surface area (Å²) in [6, 6.07) is 13.8. The third-order valence-corrected chi connectivity index (χ3v) is 6.12. The number of fused-ring (bicyclic) bond motifs is 1. The molecule has 0 aliphatic carbocycles. The number of benzene rings is 3. The lowest BCUT2D eigenvalue weighted by atomic mass is 10.1. The molecule has 140 valence electrons. The van der Waals surface area contributed by atoms with Gasteiger partial charge in [-0.25, -0.2) is 12.7 Å². The number of hydrogen-bond donors (Lipinski definition) is 0. The first-order valence-electron chi connectivity index (χ1n) is 7.78. The normalized spacial score (nSPS) is 11.7. The van der Waals surface area contributed by atoms with E-state index in [-0.39, 0.29) is 21.4 Å². The van der Waals surface area contributed by atoms with Crippen molar-refractivity contribution in [3.8, 4) is 11.5 Å². The molecule has 0 aliphatic heterocycles. The van der Waals surface area contributed by atoms with Gasteiger partial charge in [0.15, 0.2) is 0 Å². The largest absolute Gasteiger partial charge is 0.455 e. The molecule has 0 aromatic heterocycles. The second-order valence-corrected chi connectivity index (χ2v) is 8.40. The van der Waals surface area contributed by atoms with Crippen molar-refractivity contribution in [3.63, 3.8) is 0 Å². The minimum absolute atomic E-state index is 0.0817. The SMILES string of the molecule is CN(C)S(=O)(=O)c1ccc(Oc2ccc([N+](=O)[O-])cc2Cl)c2ccccc12. The Morgan fingerprint density at radius 1 is 1.00 bits per heavy atom. The Labute approximate surface area is 160 Å². The number of hydrogen-bond acceptors (Lipinski definition) is 5. The highest BCUT2D eigenvalue weighted by Gasteiger charge is 2.22. The fourth-order valence-corrected chi connectivity index (χ4v) is 3.86. The van der Waals surface area contributed by atoms with Crippen LogP contribution in [-0.2, 0) is 10.0 Å². The van der Waals surface area contributed by atoms with Crippen molar-refractivity contribution in [2.75, 3.05) is 14.1 Å². The van der Waals surface area contributed by atoms with Crippen molar-refractivity contribution >= 4 is 38.1 Å². The average molecular weight is 407 g/mol. The van der Waals surface area contributed by atoms with Crippen LogP contribution in [0.5, 0.6) is 11.5 Å². The Balaban J connectivity index is 2.11. The van der Waals surface area contributed by atoms with E-state index in [1.165, 1.54) is 44.4 Å². The van der Waals surface area contributed by atoms with E-state index in [1.54, 1.807) is 24.3 Å². The maximum absolute atomic E-state index is 12.6. The molecule has 0 saturated carbocycles. The Hall–Kier alpha value is -2.68. The predicted octanol–water partition coefficient (Wildman–Crippen LogP) is 4.44. The van der Waals surface area contributed by atoms with Gasteiger partial charge in [0.25, 0.3) is 5.69 Å². The number of halogens is 1. The van der Waals surface area contributed by atoms with E-state index in [0.29, 0.717) is 16.5 Å². The minimum atomic E-state index is -3.64. The summed E-state index contributed by atoms with van der Waals surface area (Å²) in [7, 11) is -0.713. The second kappa shape index (κ2) is 7.15. The van der Waals surface area contributed by atoms with Gasteiger partial charge < -0.3 is 4.74 Å². The smallest absolute Gasteiger partial charge is 0.271 e. The molecule has 0 unspecified atom stereocenters. The Bertz CT molecular complexity index is 1150. The zero-order chi connectivity index (χ0) is 19.8. The number of non-ortho nitro benzene ring substituents is 1. The maximum Gasteiger partial charge on any atom is 0.271 e. The van der Waals surface area contributed by atoms with Crippen molar-refractivity contribution in [2.45, 2.75) is 4.90 Å². The van der Waals surface area contributed by atoms with Crippen LogP contribution in [0.25, 0.3) is 10.8 Å². The molecule has 27 heavy (non-hydrogen) atoms. The lowest BCUT2D eigenvalue weighted by molar-refractivity contribution is -0.384. The van der Waals surface area contributed by atoms with E-state index in [0.717, 1.165) is 4.31 Å². The molecular weight excluding hydrogens is 392 g/mol. The first-order valence-corrected chi connectivity index (χ1v) is 9.59. The third-order valence-electron chi connectivity index (χ3n) is 3.95. The Kier molecular flexibility index (Phi) is 5.05. The molecule has 0 N–H and O–H groups in total. The zero-order valence-electron chi connectivity index (χ0n) is 14.4. The quantitative estimate of drug-likeness (QED) is 0.461. The van der Waals surface area contributed by atoms with Gasteiger partial charge in [0, 0.05) is 37.0 Å². The number of nitrogens with zero attached hydrogens (tertiary/aromatic N) is 2. The van der Waals surface area contributed by atoms with Crippen molar-refractivity contribution in [3.05, 3.63) is 69.7 Å². The van der Waals surface area contributed by atoms with Gasteiger partial charge in [-0.15, -0.1) is 0 Å². The van der Waals surface area contributed by atoms with E-state index in [4.69, 9.17) is 16.3 Å². The highest BCUT2D eigenvalue weighted by atomic mass is 35.5. The summed E-state index contributed by atoms with van der Waals surface area (Å²) in [6.07, 6.45) is 0. The van der Waals surface area contributed by atoms with Crippen LogP contribution in [0.1, 0.15) is 0 Å². The molecule has 0 aliphatic rings. The van der Waals surface area contributed by atoms with Crippen LogP contribution < -0.4 is 4.74 Å². The highest BCUT2D eigenvalue weighted by Crippen LogP contribution is 2.37. The standard InChI is InChI=1S/C18H15ClN2O5S/c1-20(2)27(24,25)18-10-9-16(13-5-3-4-6-14(13)18)26-17-8-7-12(21(22)23)11-15(17)19/h3-11H,1-2H3. The van der Waals surface area contributed by atoms with Gasteiger partial charge in [0.2, 0.25) is 10.0 Å². The molecular formula is C18H15ClN2O5S. The number of sulfonamides is 1. The monoisotopic (exact) mass is 406 g/mol. The molecule has 3 aromatic carbocycles. The summed E-state index contributed by atoms with van der Waals surface area (Å²) in [5, 5.41) is 12.0. The van der Waals surface area contributed by atoms with E-state index in [1.807, 2.05) is 0 Å². The molecule has 0 fully saturated rings. The van der Waals surface area contributed by atoms with Crippen LogP contribution in [0.15, 0.2) is 59.5 Å². The van der Waals surface area contributed by atoms with Crippen LogP contribution >= 0.6 is 11.6 Å². The van der Waals surface area contributed by atoms with Crippen molar-refractivity contribution < 1.29 is 18.1 Å². The van der Waals surface area contributed by atoms with Crippen LogP contribution in [0, 0.1) is 10.1 Å². The van der Waals surface area contributed by atoms with Gasteiger partial charge in [-0.05, 0) is 18.2 Å². The molecule has 0 atom stereocenters. The molecule has 0 heterocycles. The first kappa shape index (κ1) is 19.1. The van der Waals surface area contributed by atoms with Crippen molar-refractivity contribution in [2.24, 2.45) is 0 Å². The molecule has 0 spiro atoms. The molecule has 7 nitrogen and oxygen atoms in total. The summed E-state index contributed by atoms with van der Waals surface area (Å²) in [4.78, 5) is 10.4. The van der Waals surface area contributed by atoms with E-state index < -0.39 is 14.9 Å². The number of nitro benzene ring substituents is 1. The molecule has 3 aromatic rings. The van der Waals surface area contributed by atoms with Gasteiger partial charge in [0.05, 0.1) is 14.8 Å². The summed E-state index contributed by atoms with van der Waals surface area (Å²) in [5.41, 5.74) is -0.148.